The molecule has 1 aliphatic rings. The minimum absolute atomic E-state index is 0. The Hall–Kier alpha value is -0.567. The van der Waals surface area contributed by atoms with Gasteiger partial charge in [0.1, 0.15) is 5.75 Å². The SMILES string of the molecule is O=C([O-])C1Nc2ccc(OCNc3cccc(-n4c(=S)[nH][nH]c4=S)c3)cc2NC1C(=O)[O-].[K+].[K+]. The van der Waals surface area contributed by atoms with Crippen LogP contribution >= 0.6 is 24.4 Å². The fourth-order valence-corrected chi connectivity index (χ4v) is 3.81. The summed E-state index contributed by atoms with van der Waals surface area (Å²) in [6.07, 6.45) is 0. The number of benzene rings is 2. The van der Waals surface area contributed by atoms with Gasteiger partial charge in [-0.2, -0.15) is 0 Å². The summed E-state index contributed by atoms with van der Waals surface area (Å²) in [5.41, 5.74) is 2.30. The van der Waals surface area contributed by atoms with Crippen LogP contribution in [-0.2, 0) is 9.59 Å². The number of hydrogen-bond donors (Lipinski definition) is 5. The van der Waals surface area contributed by atoms with Crippen molar-refractivity contribution in [2.24, 2.45) is 0 Å². The number of aromatic nitrogens is 3. The molecule has 1 aromatic heterocycles. The molecule has 15 heteroatoms. The van der Waals surface area contributed by atoms with Gasteiger partial charge in [0, 0.05) is 11.8 Å². The Balaban J connectivity index is 0.00000204. The molecular weight excluding hydrogens is 535 g/mol. The molecule has 166 valence electrons. The van der Waals surface area contributed by atoms with Crippen LogP contribution in [0.5, 0.6) is 5.75 Å². The standard InChI is InChI=1S/C19H18N6O5S2.2K/c26-16(27)14-15(17(28)29)22-13-7-11(4-5-12(13)21-14)30-8-20-9-2-1-3-10(6-9)25-18(31)23-24-19(25)32;;/h1-7,14-15,20-22H,8H2,(H,23,31)(H,24,32)(H,26,27)(H,28,29);;/q;2*+1/p-2. The van der Waals surface area contributed by atoms with E-state index in [0.717, 1.165) is 11.4 Å². The Morgan fingerprint density at radius 3 is 2.18 bits per heavy atom. The van der Waals surface area contributed by atoms with Gasteiger partial charge in [-0.05, 0) is 54.8 Å². The second kappa shape index (κ2) is 13.1. The van der Waals surface area contributed by atoms with Crippen LogP contribution < -0.4 is 134 Å². The molecule has 0 bridgehead atoms. The van der Waals surface area contributed by atoms with Gasteiger partial charge in [-0.3, -0.25) is 14.8 Å². The minimum Gasteiger partial charge on any atom is -0.548 e. The van der Waals surface area contributed by atoms with Crippen molar-refractivity contribution in [3.8, 4) is 11.4 Å². The first-order valence-corrected chi connectivity index (χ1v) is 10.1. The van der Waals surface area contributed by atoms with Gasteiger partial charge >= 0.3 is 103 Å². The number of H-pyrrole nitrogens is 2. The monoisotopic (exact) mass is 550 g/mol. The Morgan fingerprint density at radius 2 is 1.56 bits per heavy atom. The second-order valence-corrected chi connectivity index (χ2v) is 7.57. The van der Waals surface area contributed by atoms with E-state index in [1.807, 2.05) is 24.3 Å². The average molecular weight is 551 g/mol. The van der Waals surface area contributed by atoms with Crippen LogP contribution in [-0.4, -0.2) is 45.5 Å². The molecule has 5 N–H and O–H groups in total. The summed E-state index contributed by atoms with van der Waals surface area (Å²) in [6.45, 7) is 0.104. The zero-order valence-corrected chi connectivity index (χ0v) is 26.1. The van der Waals surface area contributed by atoms with Crippen molar-refractivity contribution in [1.29, 1.82) is 0 Å². The number of nitrogens with zero attached hydrogens (tertiary/aromatic N) is 1. The number of hydrogen-bond acceptors (Lipinski definition) is 10. The van der Waals surface area contributed by atoms with E-state index in [0.29, 0.717) is 26.7 Å². The molecule has 11 nitrogen and oxygen atoms in total. The van der Waals surface area contributed by atoms with E-state index in [-0.39, 0.29) is 109 Å². The van der Waals surface area contributed by atoms with Crippen LogP contribution in [0.3, 0.4) is 0 Å². The number of fused-ring (bicyclic) bond motifs is 1. The van der Waals surface area contributed by atoms with Crippen LogP contribution in [0.2, 0.25) is 0 Å². The predicted octanol–water partition coefficient (Wildman–Crippen LogP) is -5.88. The van der Waals surface area contributed by atoms with Gasteiger partial charge < -0.3 is 40.5 Å². The van der Waals surface area contributed by atoms with E-state index < -0.39 is 24.0 Å². The topological polar surface area (TPSA) is 162 Å². The number of aromatic amines is 2. The van der Waals surface area contributed by atoms with Crippen LogP contribution in [0.15, 0.2) is 42.5 Å². The first-order chi connectivity index (χ1) is 15.3. The maximum absolute atomic E-state index is 11.3. The molecule has 0 aliphatic carbocycles. The van der Waals surface area contributed by atoms with E-state index >= 15 is 0 Å². The number of carbonyl (C=O) groups excluding carboxylic acids is 2. The van der Waals surface area contributed by atoms with Crippen molar-refractivity contribution in [2.45, 2.75) is 12.1 Å². The fraction of sp³-hybridized carbons (Fsp3) is 0.158. The molecule has 34 heavy (non-hydrogen) atoms. The van der Waals surface area contributed by atoms with Crippen molar-refractivity contribution in [1.82, 2.24) is 14.8 Å². The molecule has 2 aromatic carbocycles. The number of carboxylic acids is 2. The summed E-state index contributed by atoms with van der Waals surface area (Å²) in [6, 6.07) is 9.19. The van der Waals surface area contributed by atoms with E-state index in [1.165, 1.54) is 0 Å². The predicted molar refractivity (Wildman–Crippen MR) is 117 cm³/mol. The number of carbonyl (C=O) groups is 2. The maximum atomic E-state index is 11.3. The molecular formula is C19H16K2N6O5S2. The third-order valence-corrected chi connectivity index (χ3v) is 5.33. The Morgan fingerprint density at radius 1 is 0.941 bits per heavy atom. The van der Waals surface area contributed by atoms with Gasteiger partial charge in [-0.1, -0.05) is 6.07 Å². The molecule has 0 radical (unpaired) electrons. The molecule has 2 atom stereocenters. The maximum Gasteiger partial charge on any atom is 1.00 e. The van der Waals surface area contributed by atoms with Gasteiger partial charge in [0.05, 0.1) is 41.1 Å². The molecule has 0 saturated heterocycles. The van der Waals surface area contributed by atoms with Gasteiger partial charge in [0.2, 0.25) is 0 Å². The molecule has 0 fully saturated rings. The van der Waals surface area contributed by atoms with Crippen molar-refractivity contribution >= 4 is 53.4 Å². The Bertz CT molecular complexity index is 1280. The second-order valence-electron chi connectivity index (χ2n) is 6.80. The van der Waals surface area contributed by atoms with E-state index in [1.54, 1.807) is 22.8 Å². The van der Waals surface area contributed by atoms with Crippen molar-refractivity contribution in [3.63, 3.8) is 0 Å². The Kier molecular flexibility index (Phi) is 11.4. The van der Waals surface area contributed by atoms with Gasteiger partial charge in [-0.25, -0.2) is 0 Å². The number of aliphatic carboxylic acids is 2. The number of carboxylic acid groups (broad SMARTS) is 2. The molecule has 3 aromatic rings. The van der Waals surface area contributed by atoms with Crippen molar-refractivity contribution in [2.75, 3.05) is 22.7 Å². The van der Waals surface area contributed by atoms with Gasteiger partial charge in [0.25, 0.3) is 0 Å². The van der Waals surface area contributed by atoms with Crippen LogP contribution in [0.25, 0.3) is 5.69 Å². The molecule has 2 unspecified atom stereocenters. The zero-order chi connectivity index (χ0) is 22.8. The van der Waals surface area contributed by atoms with Crippen LogP contribution in [0, 0.1) is 9.54 Å². The minimum atomic E-state index is -1.56. The van der Waals surface area contributed by atoms with Crippen molar-refractivity contribution < 1.29 is 127 Å². The first-order valence-electron chi connectivity index (χ1n) is 9.29. The fourth-order valence-electron chi connectivity index (χ4n) is 3.25. The van der Waals surface area contributed by atoms with Crippen LogP contribution in [0.1, 0.15) is 0 Å². The molecule has 1 aliphatic heterocycles. The molecule has 0 amide bonds. The number of ether oxygens (including phenoxy) is 1. The van der Waals surface area contributed by atoms with Gasteiger partial charge in [-0.15, -0.1) is 0 Å². The largest absolute Gasteiger partial charge is 1.00 e. The number of anilines is 3. The normalized spacial score (nSPS) is 15.9. The smallest absolute Gasteiger partial charge is 0.548 e. The van der Waals surface area contributed by atoms with Crippen LogP contribution in [0.4, 0.5) is 17.1 Å². The van der Waals surface area contributed by atoms with E-state index in [9.17, 15) is 19.8 Å². The first kappa shape index (κ1) is 29.7. The van der Waals surface area contributed by atoms with Crippen molar-refractivity contribution in [3.05, 3.63) is 52.0 Å². The molecule has 0 saturated carbocycles. The van der Waals surface area contributed by atoms with E-state index in [2.05, 4.69) is 26.1 Å². The zero-order valence-electron chi connectivity index (χ0n) is 18.2. The molecule has 4 rings (SSSR count). The number of nitrogens with one attached hydrogen (secondary N) is 5. The summed E-state index contributed by atoms with van der Waals surface area (Å²) >= 11 is 10.4. The molecule has 2 heterocycles. The third kappa shape index (κ3) is 6.80. The average Bonchev–Trinajstić information content (AvgIpc) is 3.10. The summed E-state index contributed by atoms with van der Waals surface area (Å²) in [5.74, 6) is -2.68. The summed E-state index contributed by atoms with van der Waals surface area (Å²) < 4.78 is 8.24. The number of rotatable bonds is 7. The summed E-state index contributed by atoms with van der Waals surface area (Å²) in [4.78, 5) is 22.5. The third-order valence-electron chi connectivity index (χ3n) is 4.76. The van der Waals surface area contributed by atoms with Gasteiger partial charge in [0.15, 0.2) is 16.3 Å². The quantitative estimate of drug-likeness (QED) is 0.109. The summed E-state index contributed by atoms with van der Waals surface area (Å²) in [5, 5.41) is 36.4. The van der Waals surface area contributed by atoms with E-state index in [4.69, 9.17) is 29.2 Å². The molecule has 0 spiro atoms. The Labute approximate surface area is 288 Å². The summed E-state index contributed by atoms with van der Waals surface area (Å²) in [7, 11) is 0.